The summed E-state index contributed by atoms with van der Waals surface area (Å²) < 4.78 is 5.51. The van der Waals surface area contributed by atoms with Crippen LogP contribution in [0.25, 0.3) is 44.6 Å². The number of ether oxygens (including phenoxy) is 1. The van der Waals surface area contributed by atoms with E-state index in [2.05, 4.69) is 36.6 Å². The van der Waals surface area contributed by atoms with E-state index in [0.29, 0.717) is 43.6 Å². The largest absolute Gasteiger partial charge is 0.444 e. The average molecular weight is 825 g/mol. The smallest absolute Gasteiger partial charge is 0.410 e. The molecule has 3 amide bonds. The molecule has 0 radical (unpaired) electrons. The molecule has 6 aromatic rings. The van der Waals surface area contributed by atoms with E-state index in [1.54, 1.807) is 4.90 Å². The van der Waals surface area contributed by atoms with Gasteiger partial charge in [0.1, 0.15) is 28.3 Å². The number of hydrogen-bond donors (Lipinski definition) is 7. The Kier molecular flexibility index (Phi) is 10.6. The summed E-state index contributed by atoms with van der Waals surface area (Å²) in [6.45, 7) is 14.0. The van der Waals surface area contributed by atoms with Gasteiger partial charge in [-0.1, -0.05) is 24.3 Å². The summed E-state index contributed by atoms with van der Waals surface area (Å²) in [4.78, 5) is 64.7. The number of benzene rings is 2. The number of H-pyrrole nitrogens is 2. The van der Waals surface area contributed by atoms with Crippen molar-refractivity contribution in [2.45, 2.75) is 78.0 Å². The lowest BCUT2D eigenvalue weighted by Gasteiger charge is -2.24. The third-order valence-electron chi connectivity index (χ3n) is 11.5. The van der Waals surface area contributed by atoms with Crippen LogP contribution in [0.2, 0.25) is 0 Å². The first kappa shape index (κ1) is 39.9. The zero-order chi connectivity index (χ0) is 42.4. The summed E-state index contributed by atoms with van der Waals surface area (Å²) in [6.07, 6.45) is 3.19. The molecule has 0 aliphatic carbocycles. The number of carbonyl (C=O) groups excluding carboxylic acids is 3. The minimum absolute atomic E-state index is 0.0167. The van der Waals surface area contributed by atoms with Gasteiger partial charge in [0.05, 0.1) is 33.5 Å². The molecule has 0 saturated carbocycles. The molecule has 2 saturated heterocycles. The summed E-state index contributed by atoms with van der Waals surface area (Å²) in [5.41, 5.74) is 11.4. The van der Waals surface area contributed by atoms with E-state index in [-0.39, 0.29) is 23.9 Å². The normalized spacial score (nSPS) is 18.5. The molecule has 8 heterocycles. The molecule has 2 fully saturated rings. The standard InChI is InChI=1S/C25H30N6O3.C20H22N6O/c1-14-22(28-15-9-11-31(13-15)24(33)34-25(2,3)4)30-21-16(6-5-7-19(21)27-14)20-12-17-18(29-20)8-10-26-23(17)32;1-11-19(24-12-5-7-21-10-12)26-18-13(3-2-4-16(18)23-11)17-9-14-15(25-17)6-8-22-20(14)27/h5-7,12,15,29H,8-11,13H2,1-4H3,(H,26,32)(H,28,30);2-4,9,12,21,25H,5-8,10H2,1H3,(H,22,27)(H,24,26)/t15-;12-/m00/s1. The Hall–Kier alpha value is -6.55. The van der Waals surface area contributed by atoms with Crippen LogP contribution < -0.4 is 26.6 Å². The third kappa shape index (κ3) is 8.31. The highest BCUT2D eigenvalue weighted by atomic mass is 16.6. The van der Waals surface area contributed by atoms with Crippen molar-refractivity contribution in [3.05, 3.63) is 82.4 Å². The second kappa shape index (κ2) is 16.1. The maximum Gasteiger partial charge on any atom is 0.410 e. The molecule has 0 spiro atoms. The number of hydrogen-bond acceptors (Lipinski definition) is 11. The van der Waals surface area contributed by atoms with Crippen molar-refractivity contribution >= 4 is 51.6 Å². The molecule has 16 heteroatoms. The molecule has 4 aliphatic heterocycles. The molecule has 4 aromatic heterocycles. The highest BCUT2D eigenvalue weighted by molar-refractivity contribution is 6.01. The Morgan fingerprint density at radius 2 is 1.26 bits per heavy atom. The molecule has 61 heavy (non-hydrogen) atoms. The van der Waals surface area contributed by atoms with Gasteiger partial charge in [-0.15, -0.1) is 0 Å². The predicted octanol–water partition coefficient (Wildman–Crippen LogP) is 5.63. The van der Waals surface area contributed by atoms with Crippen LogP contribution in [0.4, 0.5) is 16.4 Å². The van der Waals surface area contributed by atoms with Gasteiger partial charge in [0, 0.05) is 91.6 Å². The molecule has 7 N–H and O–H groups in total. The summed E-state index contributed by atoms with van der Waals surface area (Å²) >= 11 is 0. The van der Waals surface area contributed by atoms with Crippen LogP contribution >= 0.6 is 0 Å². The van der Waals surface area contributed by atoms with Crippen LogP contribution in [0, 0.1) is 13.8 Å². The summed E-state index contributed by atoms with van der Waals surface area (Å²) in [5, 5.41) is 16.2. The number of fused-ring (bicyclic) bond motifs is 4. The van der Waals surface area contributed by atoms with E-state index in [4.69, 9.17) is 24.7 Å². The Balaban J connectivity index is 0.000000160. The second-order valence-corrected chi connectivity index (χ2v) is 17.2. The number of likely N-dealkylation sites (tertiary alicyclic amines) is 1. The SMILES string of the molecule is Cc1nc2cccc(-c3cc4c([nH]3)CCNC4=O)c2nc1N[C@H]1CCN(C(=O)OC(C)(C)C)C1.Cc1nc2cccc(-c3cc4c([nH]3)CCNC4=O)c2nc1N[C@H]1CCNC1. The van der Waals surface area contributed by atoms with Crippen LogP contribution in [0.3, 0.4) is 0 Å². The van der Waals surface area contributed by atoms with Gasteiger partial charge in [-0.2, -0.15) is 0 Å². The molecule has 2 atom stereocenters. The Morgan fingerprint density at radius 3 is 1.75 bits per heavy atom. The number of para-hydroxylation sites is 2. The Labute approximate surface area is 353 Å². The summed E-state index contributed by atoms with van der Waals surface area (Å²) in [6, 6.07) is 16.1. The van der Waals surface area contributed by atoms with Crippen molar-refractivity contribution in [3.8, 4) is 22.5 Å². The minimum Gasteiger partial charge on any atom is -0.444 e. The summed E-state index contributed by atoms with van der Waals surface area (Å²) in [5.74, 6) is 1.46. The minimum atomic E-state index is -0.517. The number of anilines is 2. The van der Waals surface area contributed by atoms with Crippen LogP contribution in [0.15, 0.2) is 48.5 Å². The molecule has 16 nitrogen and oxygen atoms in total. The summed E-state index contributed by atoms with van der Waals surface area (Å²) in [7, 11) is 0. The van der Waals surface area contributed by atoms with Gasteiger partial charge in [0.25, 0.3) is 11.8 Å². The molecule has 10 rings (SSSR count). The fourth-order valence-electron chi connectivity index (χ4n) is 8.45. The number of amides is 3. The van der Waals surface area contributed by atoms with E-state index in [1.165, 1.54) is 0 Å². The second-order valence-electron chi connectivity index (χ2n) is 17.2. The van der Waals surface area contributed by atoms with Gasteiger partial charge in [0.15, 0.2) is 0 Å². The Morgan fingerprint density at radius 1 is 0.721 bits per heavy atom. The number of aromatic nitrogens is 6. The lowest BCUT2D eigenvalue weighted by atomic mass is 10.1. The highest BCUT2D eigenvalue weighted by Crippen LogP contribution is 2.32. The lowest BCUT2D eigenvalue weighted by molar-refractivity contribution is 0.0293. The Bertz CT molecular complexity index is 2670. The maximum absolute atomic E-state index is 12.4. The number of rotatable bonds is 6. The quantitative estimate of drug-likeness (QED) is 0.110. The van der Waals surface area contributed by atoms with Crippen molar-refractivity contribution in [2.75, 3.05) is 49.9 Å². The van der Waals surface area contributed by atoms with Gasteiger partial charge in [-0.25, -0.2) is 24.7 Å². The van der Waals surface area contributed by atoms with Crippen molar-refractivity contribution in [1.29, 1.82) is 0 Å². The van der Waals surface area contributed by atoms with Crippen LogP contribution in [-0.4, -0.2) is 110 Å². The first-order valence-corrected chi connectivity index (χ1v) is 21.1. The highest BCUT2D eigenvalue weighted by Gasteiger charge is 2.31. The zero-order valence-corrected chi connectivity index (χ0v) is 35.2. The van der Waals surface area contributed by atoms with Gasteiger partial charge < -0.3 is 46.2 Å². The number of carbonyl (C=O) groups is 3. The predicted molar refractivity (Wildman–Crippen MR) is 235 cm³/mol. The van der Waals surface area contributed by atoms with E-state index in [0.717, 1.165) is 118 Å². The molecular formula is C45H52N12O4. The van der Waals surface area contributed by atoms with Gasteiger partial charge >= 0.3 is 6.09 Å². The topological polar surface area (TPSA) is 207 Å². The van der Waals surface area contributed by atoms with Gasteiger partial charge in [-0.05, 0) is 78.3 Å². The van der Waals surface area contributed by atoms with Crippen LogP contribution in [-0.2, 0) is 17.6 Å². The van der Waals surface area contributed by atoms with Gasteiger partial charge in [0.2, 0.25) is 0 Å². The molecule has 316 valence electrons. The van der Waals surface area contributed by atoms with Crippen molar-refractivity contribution in [1.82, 2.24) is 50.8 Å². The first-order chi connectivity index (χ1) is 29.4. The average Bonchev–Trinajstić information content (AvgIpc) is 4.06. The van der Waals surface area contributed by atoms with Crippen molar-refractivity contribution in [2.24, 2.45) is 0 Å². The van der Waals surface area contributed by atoms with Gasteiger partial charge in [-0.3, -0.25) is 9.59 Å². The van der Waals surface area contributed by atoms with Crippen molar-refractivity contribution in [3.63, 3.8) is 0 Å². The maximum atomic E-state index is 12.4. The van der Waals surface area contributed by atoms with E-state index in [1.807, 2.05) is 83.1 Å². The molecule has 4 aliphatic rings. The molecule has 0 unspecified atom stereocenters. The van der Waals surface area contributed by atoms with E-state index >= 15 is 0 Å². The van der Waals surface area contributed by atoms with E-state index in [9.17, 15) is 14.4 Å². The number of aromatic amines is 2. The molecule has 0 bridgehead atoms. The van der Waals surface area contributed by atoms with Crippen molar-refractivity contribution < 1.29 is 19.1 Å². The number of nitrogens with zero attached hydrogens (tertiary/aromatic N) is 5. The first-order valence-electron chi connectivity index (χ1n) is 21.1. The fraction of sp³-hybridized carbons (Fsp3) is 0.400. The number of nitrogens with one attached hydrogen (secondary N) is 7. The monoisotopic (exact) mass is 824 g/mol. The fourth-order valence-corrected chi connectivity index (χ4v) is 8.45. The van der Waals surface area contributed by atoms with Crippen LogP contribution in [0.5, 0.6) is 0 Å². The van der Waals surface area contributed by atoms with Crippen LogP contribution in [0.1, 0.15) is 77.1 Å². The number of aryl methyl sites for hydroxylation is 2. The molecule has 2 aromatic carbocycles. The third-order valence-corrected chi connectivity index (χ3v) is 11.5. The van der Waals surface area contributed by atoms with E-state index < -0.39 is 5.60 Å². The zero-order valence-electron chi connectivity index (χ0n) is 35.2. The lowest BCUT2D eigenvalue weighted by Crippen LogP contribution is -2.36. The molecular weight excluding hydrogens is 773 g/mol.